The molecule has 58 heavy (non-hydrogen) atoms. The standard InChI is InChI=1S/C24H22N4O.C18H17BrN4O.CH5NO.2CH4/c1-23(2)19-11-10-16-13-26-22-17(15-8-6-5-7-9-15)14-27-28(22)20(16)24(19,3)12-18(25-4)21(23)29;1-17(2)13-6-5-10-8-21-16-11(19)9-22-23(16)14(10)18(13,3)7-12(20-4)15(17)24;1-2-3;;/h5-9,12-14,19H,10-11H2,1-3H3;7-9,13H,5-6H2,1-3H3;2-3H,1H3;2*1H4/t19-,24-;13-,18-;;;/m00.../s1/i;;;2*1T. The van der Waals surface area contributed by atoms with E-state index in [0.717, 1.165) is 75.1 Å². The number of carbonyl (C=O) groups excluding carboxylic acids is 2. The zero-order valence-corrected chi connectivity index (χ0v) is 36.1. The van der Waals surface area contributed by atoms with Gasteiger partial charge in [-0.2, -0.15) is 10.2 Å². The van der Waals surface area contributed by atoms with Crippen molar-refractivity contribution in [2.24, 2.45) is 22.7 Å². The molecule has 0 unspecified atom stereocenters. The van der Waals surface area contributed by atoms with Gasteiger partial charge in [-0.15, -0.1) is 0 Å². The first-order valence-electron chi connectivity index (χ1n) is 20.6. The Morgan fingerprint density at radius 2 is 1.21 bits per heavy atom. The number of aromatic nitrogens is 6. The number of fused-ring (bicyclic) bond motifs is 10. The Morgan fingerprint density at radius 3 is 1.67 bits per heavy atom. The third-order valence-electron chi connectivity index (χ3n) is 12.6. The predicted molar refractivity (Wildman–Crippen MR) is 229 cm³/mol. The molecule has 0 radical (unpaired) electrons. The van der Waals surface area contributed by atoms with E-state index in [1.54, 1.807) is 11.7 Å². The van der Waals surface area contributed by atoms with Crippen LogP contribution in [0.3, 0.4) is 0 Å². The molecule has 4 aliphatic rings. The normalized spacial score (nSPS) is 24.7. The maximum atomic E-state index is 12.9. The second-order valence-electron chi connectivity index (χ2n) is 16.5. The van der Waals surface area contributed by atoms with Crippen molar-refractivity contribution in [3.05, 3.63) is 128 Å². The summed E-state index contributed by atoms with van der Waals surface area (Å²) in [6, 6.07) is 10.1. The molecule has 4 aliphatic carbocycles. The van der Waals surface area contributed by atoms with Crippen LogP contribution in [0.1, 0.15) is 94.4 Å². The third-order valence-corrected chi connectivity index (χ3v) is 13.2. The van der Waals surface area contributed by atoms with Crippen molar-refractivity contribution in [3.63, 3.8) is 0 Å². The Kier molecular flexibility index (Phi) is 11.1. The number of hydrogen-bond donors (Lipinski definition) is 2. The van der Waals surface area contributed by atoms with Gasteiger partial charge in [-0.3, -0.25) is 0 Å². The molecule has 0 saturated heterocycles. The molecule has 0 saturated carbocycles. The molecule has 5 aromatic rings. The van der Waals surface area contributed by atoms with Crippen LogP contribution in [-0.2, 0) is 33.3 Å². The van der Waals surface area contributed by atoms with Crippen molar-refractivity contribution in [1.29, 1.82) is 0 Å². The van der Waals surface area contributed by atoms with Gasteiger partial charge in [0.25, 0.3) is 0 Å². The molecular weight excluding hydrogens is 794 g/mol. The van der Waals surface area contributed by atoms with Gasteiger partial charge in [-0.1, -0.05) is 98.8 Å². The van der Waals surface area contributed by atoms with E-state index in [9.17, 15) is 9.59 Å². The fourth-order valence-electron chi connectivity index (χ4n) is 10.2. The number of hydroxylamine groups is 1. The molecule has 1 aromatic carbocycles. The lowest BCUT2D eigenvalue weighted by Crippen LogP contribution is -2.51. The molecule has 0 bridgehead atoms. The monoisotopic (exact) mass is 849 g/mol. The highest BCUT2D eigenvalue weighted by molar-refractivity contribution is 9.10. The average Bonchev–Trinajstić information content (AvgIpc) is 3.86. The summed E-state index contributed by atoms with van der Waals surface area (Å²) in [5.41, 5.74) is 8.23. The molecule has 0 spiro atoms. The van der Waals surface area contributed by atoms with Crippen LogP contribution in [0.4, 0.5) is 0 Å². The highest BCUT2D eigenvalue weighted by atomic mass is 79.9. The summed E-state index contributed by atoms with van der Waals surface area (Å²) in [5.74, 6) is 0.143. The van der Waals surface area contributed by atoms with Crippen molar-refractivity contribution in [2.45, 2.75) is 92.9 Å². The Morgan fingerprint density at radius 1 is 0.776 bits per heavy atom. The number of nitrogens with one attached hydrogen (secondary N) is 1. The molecule has 13 heteroatoms. The lowest BCUT2D eigenvalue weighted by atomic mass is 9.53. The molecule has 0 aliphatic heterocycles. The number of carbonyl (C=O) groups is 2. The van der Waals surface area contributed by atoms with E-state index in [-0.39, 0.29) is 34.8 Å². The summed E-state index contributed by atoms with van der Waals surface area (Å²) >= 11 is 3.49. The van der Waals surface area contributed by atoms with E-state index >= 15 is 0 Å². The van der Waals surface area contributed by atoms with Crippen molar-refractivity contribution in [2.75, 3.05) is 7.05 Å². The zero-order chi connectivity index (χ0) is 44.4. The number of nitrogens with zero attached hydrogens (tertiary/aromatic N) is 8. The summed E-state index contributed by atoms with van der Waals surface area (Å²) in [7, 11) is 3.93. The fraction of sp³-hybridized carbons (Fsp3) is 0.422. The van der Waals surface area contributed by atoms with Crippen LogP contribution in [0, 0.1) is 35.8 Å². The number of aryl methyl sites for hydroxylation is 2. The zero-order valence-electron chi connectivity index (χ0n) is 36.6. The maximum absolute atomic E-state index is 12.9. The summed E-state index contributed by atoms with van der Waals surface area (Å²) in [5, 5.41) is 16.5. The molecule has 2 N–H and O–H groups in total. The van der Waals surface area contributed by atoms with Crippen molar-refractivity contribution in [3.8, 4) is 11.1 Å². The first kappa shape index (κ1) is 40.8. The van der Waals surface area contributed by atoms with E-state index in [4.69, 9.17) is 31.2 Å². The first-order chi connectivity index (χ1) is 28.6. The summed E-state index contributed by atoms with van der Waals surface area (Å²) in [4.78, 5) is 42.0. The first-order valence-corrected chi connectivity index (χ1v) is 19.4. The molecule has 4 heterocycles. The van der Waals surface area contributed by atoms with Crippen LogP contribution >= 0.6 is 15.9 Å². The van der Waals surface area contributed by atoms with Gasteiger partial charge in [-0.25, -0.2) is 34.2 Å². The van der Waals surface area contributed by atoms with Gasteiger partial charge in [0.1, 0.15) is 0 Å². The largest absolute Gasteiger partial charge is 0.317 e. The van der Waals surface area contributed by atoms with E-state index in [0.29, 0.717) is 0 Å². The van der Waals surface area contributed by atoms with Crippen LogP contribution in [0.2, 0.25) is 0 Å². The maximum Gasteiger partial charge on any atom is 0.226 e. The lowest BCUT2D eigenvalue weighted by molar-refractivity contribution is -0.129. The van der Waals surface area contributed by atoms with E-state index in [1.807, 2.05) is 85.7 Å². The Bertz CT molecular complexity index is 2580. The average molecular weight is 851 g/mol. The lowest BCUT2D eigenvalue weighted by Gasteiger charge is -2.50. The second kappa shape index (κ2) is 15.8. The minimum atomic E-state index is -0.591. The van der Waals surface area contributed by atoms with Crippen molar-refractivity contribution >= 4 is 38.8 Å². The number of benzene rings is 1. The minimum Gasteiger partial charge on any atom is -0.317 e. The van der Waals surface area contributed by atoms with Crippen LogP contribution in [0.15, 0.2) is 83.1 Å². The second-order valence-corrected chi connectivity index (χ2v) is 17.4. The van der Waals surface area contributed by atoms with Crippen LogP contribution < -0.4 is 5.48 Å². The number of ketones is 2. The van der Waals surface area contributed by atoms with Gasteiger partial charge in [0.15, 0.2) is 22.9 Å². The van der Waals surface area contributed by atoms with Crippen molar-refractivity contribution < 1.29 is 17.5 Å². The molecule has 9 rings (SSSR count). The number of rotatable bonds is 1. The molecule has 0 amide bonds. The fourth-order valence-corrected chi connectivity index (χ4v) is 10.5. The SMILES string of the molecule is CNO.[3H]C.[3H]C.[C-]#[N+]C1=C[C@]2(C)c3c(cnc4c(-c5ccccc5)cnn34)CC[C@H]2C(C)(C)C1=O.[C-]#[N+]C1=C[C@]2(C)c3c(cnc4c(Br)cnn34)CC[C@H]2C(C)(C)C1=O. The Balaban J connectivity index is 0.000000201. The number of allylic oxidation sites excluding steroid dienone is 4. The molecule has 12 nitrogen and oxygen atoms in total. The van der Waals surface area contributed by atoms with E-state index < -0.39 is 21.7 Å². The molecule has 302 valence electrons. The number of Topliss-reactive ketones (excluding diaryl/α,β-unsaturated/α-hetero) is 2. The van der Waals surface area contributed by atoms with E-state index in [2.05, 4.69) is 61.7 Å². The van der Waals surface area contributed by atoms with Gasteiger partial charge in [-0.05, 0) is 70.1 Å². The van der Waals surface area contributed by atoms with Gasteiger partial charge in [0.05, 0.1) is 41.4 Å². The number of halogens is 1. The minimum absolute atomic E-state index is 0.0460. The van der Waals surface area contributed by atoms with Crippen molar-refractivity contribution in [1.82, 2.24) is 34.7 Å². The smallest absolute Gasteiger partial charge is 0.226 e. The topological polar surface area (TPSA) is 136 Å². The summed E-state index contributed by atoms with van der Waals surface area (Å²) < 4.78 is 16.2. The molecule has 0 fully saturated rings. The third kappa shape index (κ3) is 6.50. The summed E-state index contributed by atoms with van der Waals surface area (Å²) in [6.45, 7) is 27.2. The van der Waals surface area contributed by atoms with Crippen LogP contribution in [-0.4, -0.2) is 53.0 Å². The van der Waals surface area contributed by atoms with Crippen LogP contribution in [0.5, 0.6) is 0 Å². The molecular formula is C45H52BrN9O3. The molecule has 4 atom stereocenters. The highest BCUT2D eigenvalue weighted by Crippen LogP contribution is 2.56. The van der Waals surface area contributed by atoms with Gasteiger partial charge in [0.2, 0.25) is 11.4 Å². The Labute approximate surface area is 352 Å². The summed E-state index contributed by atoms with van der Waals surface area (Å²) in [6.07, 6.45) is 14.7. The number of hydrogen-bond acceptors (Lipinski definition) is 8. The molecule has 4 aromatic heterocycles. The highest BCUT2D eigenvalue weighted by Gasteiger charge is 2.56. The van der Waals surface area contributed by atoms with Gasteiger partial charge in [0, 0.05) is 49.4 Å². The quantitative estimate of drug-likeness (QED) is 0.126. The van der Waals surface area contributed by atoms with E-state index in [1.165, 1.54) is 21.9 Å². The Hall–Kier alpha value is -5.34. The van der Waals surface area contributed by atoms with Gasteiger partial charge >= 0.3 is 0 Å². The predicted octanol–water partition coefficient (Wildman–Crippen LogP) is 9.22. The van der Waals surface area contributed by atoms with Crippen LogP contribution in [0.25, 0.3) is 32.1 Å². The van der Waals surface area contributed by atoms with Gasteiger partial charge < -0.3 is 14.8 Å².